The Hall–Kier alpha value is -1.35. The summed E-state index contributed by atoms with van der Waals surface area (Å²) in [7, 11) is 0. The van der Waals surface area contributed by atoms with E-state index in [1.54, 1.807) is 0 Å². The lowest BCUT2D eigenvalue weighted by Crippen LogP contribution is -2.27. The number of ether oxygens (including phenoxy) is 1. The minimum atomic E-state index is 0.0342. The number of epoxide rings is 1. The molecule has 18 heavy (non-hydrogen) atoms. The topological polar surface area (TPSA) is 41.6 Å². The highest BCUT2D eigenvalue weighted by atomic mass is 16.6. The number of benzene rings is 1. The summed E-state index contributed by atoms with van der Waals surface area (Å²) in [4.78, 5) is 11.8. The van der Waals surface area contributed by atoms with Crippen molar-refractivity contribution in [2.24, 2.45) is 5.92 Å². The second-order valence-corrected chi connectivity index (χ2v) is 5.30. The van der Waals surface area contributed by atoms with Gasteiger partial charge in [-0.25, -0.2) is 0 Å². The van der Waals surface area contributed by atoms with Crippen LogP contribution in [0.15, 0.2) is 30.3 Å². The summed E-state index contributed by atoms with van der Waals surface area (Å²) in [5, 5.41) is 2.99. The third-order valence-corrected chi connectivity index (χ3v) is 3.99. The number of fused-ring (bicyclic) bond motifs is 1. The third kappa shape index (κ3) is 2.72. The molecule has 0 unspecified atom stereocenters. The normalized spacial score (nSPS) is 29.4. The number of amides is 1. The van der Waals surface area contributed by atoms with E-state index >= 15 is 0 Å². The lowest BCUT2D eigenvalue weighted by atomic mass is 9.87. The SMILES string of the molecule is O=C(NCC[C@H]1CC[C@@H]2O[C@@H]2C1)c1ccccc1. The van der Waals surface area contributed by atoms with E-state index in [-0.39, 0.29) is 5.91 Å². The number of carbonyl (C=O) groups is 1. The molecule has 96 valence electrons. The quantitative estimate of drug-likeness (QED) is 0.827. The third-order valence-electron chi connectivity index (χ3n) is 3.99. The zero-order valence-corrected chi connectivity index (χ0v) is 10.5. The first-order valence-corrected chi connectivity index (χ1v) is 6.81. The fourth-order valence-electron chi connectivity index (χ4n) is 2.83. The number of hydrogen-bond acceptors (Lipinski definition) is 2. The summed E-state index contributed by atoms with van der Waals surface area (Å²) < 4.78 is 5.52. The zero-order chi connectivity index (χ0) is 12.4. The van der Waals surface area contributed by atoms with Crippen molar-refractivity contribution in [3.8, 4) is 0 Å². The van der Waals surface area contributed by atoms with Crippen LogP contribution in [0.5, 0.6) is 0 Å². The van der Waals surface area contributed by atoms with Gasteiger partial charge in [0.2, 0.25) is 0 Å². The maximum Gasteiger partial charge on any atom is 0.251 e. The van der Waals surface area contributed by atoms with Crippen molar-refractivity contribution in [2.45, 2.75) is 37.9 Å². The average molecular weight is 245 g/mol. The molecule has 0 radical (unpaired) electrons. The average Bonchev–Trinajstić information content (AvgIpc) is 3.18. The van der Waals surface area contributed by atoms with Crippen molar-refractivity contribution in [2.75, 3.05) is 6.54 Å². The number of carbonyl (C=O) groups excluding carboxylic acids is 1. The summed E-state index contributed by atoms with van der Waals surface area (Å²) in [5.41, 5.74) is 0.742. The fraction of sp³-hybridized carbons (Fsp3) is 0.533. The standard InChI is InChI=1S/C15H19NO2/c17-15(12-4-2-1-3-5-12)16-9-8-11-6-7-13-14(10-11)18-13/h1-5,11,13-14H,6-10H2,(H,16,17)/t11-,13+,14-/m1/s1. The lowest BCUT2D eigenvalue weighted by molar-refractivity contribution is 0.0950. The molecule has 0 bridgehead atoms. The Morgan fingerprint density at radius 2 is 2.06 bits per heavy atom. The van der Waals surface area contributed by atoms with Gasteiger partial charge in [-0.2, -0.15) is 0 Å². The molecule has 1 aliphatic carbocycles. The van der Waals surface area contributed by atoms with Crippen molar-refractivity contribution in [1.82, 2.24) is 5.32 Å². The number of nitrogens with one attached hydrogen (secondary N) is 1. The van der Waals surface area contributed by atoms with Crippen LogP contribution in [0.3, 0.4) is 0 Å². The molecule has 0 aromatic heterocycles. The Kier molecular flexibility index (Phi) is 3.33. The van der Waals surface area contributed by atoms with E-state index in [0.717, 1.165) is 24.4 Å². The van der Waals surface area contributed by atoms with Gasteiger partial charge in [-0.15, -0.1) is 0 Å². The summed E-state index contributed by atoms with van der Waals surface area (Å²) in [5.74, 6) is 0.761. The van der Waals surface area contributed by atoms with Gasteiger partial charge in [0.15, 0.2) is 0 Å². The summed E-state index contributed by atoms with van der Waals surface area (Å²) in [6.45, 7) is 0.774. The van der Waals surface area contributed by atoms with Crippen LogP contribution in [0, 0.1) is 5.92 Å². The van der Waals surface area contributed by atoms with Crippen molar-refractivity contribution >= 4 is 5.91 Å². The van der Waals surface area contributed by atoms with Gasteiger partial charge in [0.1, 0.15) is 0 Å². The summed E-state index contributed by atoms with van der Waals surface area (Å²) in [6.07, 6.45) is 5.83. The minimum Gasteiger partial charge on any atom is -0.370 e. The molecule has 1 saturated heterocycles. The first-order valence-electron chi connectivity index (χ1n) is 6.81. The molecule has 1 aromatic carbocycles. The molecule has 1 amide bonds. The van der Waals surface area contributed by atoms with Crippen LogP contribution >= 0.6 is 0 Å². The van der Waals surface area contributed by atoms with Gasteiger partial charge in [-0.3, -0.25) is 4.79 Å². The molecule has 3 nitrogen and oxygen atoms in total. The molecule has 3 atom stereocenters. The van der Waals surface area contributed by atoms with Crippen molar-refractivity contribution in [3.05, 3.63) is 35.9 Å². The van der Waals surface area contributed by atoms with E-state index in [9.17, 15) is 4.79 Å². The summed E-state index contributed by atoms with van der Waals surface area (Å²) in [6, 6.07) is 9.39. The van der Waals surface area contributed by atoms with Gasteiger partial charge in [0.05, 0.1) is 12.2 Å². The summed E-state index contributed by atoms with van der Waals surface area (Å²) >= 11 is 0. The van der Waals surface area contributed by atoms with Gasteiger partial charge >= 0.3 is 0 Å². The Morgan fingerprint density at radius 3 is 2.83 bits per heavy atom. The number of hydrogen-bond donors (Lipinski definition) is 1. The van der Waals surface area contributed by atoms with Gasteiger partial charge < -0.3 is 10.1 Å². The maximum atomic E-state index is 11.8. The molecule has 1 heterocycles. The van der Waals surface area contributed by atoms with Crippen LogP contribution in [0.1, 0.15) is 36.0 Å². The van der Waals surface area contributed by atoms with E-state index in [0.29, 0.717) is 12.2 Å². The predicted octanol–water partition coefficient (Wildman–Crippen LogP) is 2.37. The molecule has 3 rings (SSSR count). The zero-order valence-electron chi connectivity index (χ0n) is 10.5. The van der Waals surface area contributed by atoms with Gasteiger partial charge in [0.25, 0.3) is 5.91 Å². The molecule has 1 N–H and O–H groups in total. The van der Waals surface area contributed by atoms with E-state index in [2.05, 4.69) is 5.32 Å². The molecular formula is C15H19NO2. The predicted molar refractivity (Wildman–Crippen MR) is 69.4 cm³/mol. The fourth-order valence-corrected chi connectivity index (χ4v) is 2.83. The van der Waals surface area contributed by atoms with Crippen LogP contribution in [-0.4, -0.2) is 24.7 Å². The van der Waals surface area contributed by atoms with E-state index in [1.165, 1.54) is 19.3 Å². The van der Waals surface area contributed by atoms with Crippen molar-refractivity contribution in [3.63, 3.8) is 0 Å². The minimum absolute atomic E-state index is 0.0342. The molecular weight excluding hydrogens is 226 g/mol. The highest BCUT2D eigenvalue weighted by molar-refractivity contribution is 5.94. The molecule has 0 spiro atoms. The second kappa shape index (κ2) is 5.11. The van der Waals surface area contributed by atoms with Crippen LogP contribution < -0.4 is 5.32 Å². The maximum absolute atomic E-state index is 11.8. The molecule has 1 aliphatic heterocycles. The Labute approximate surface area is 108 Å². The van der Waals surface area contributed by atoms with Crippen LogP contribution in [0.25, 0.3) is 0 Å². The van der Waals surface area contributed by atoms with Crippen LogP contribution in [0.4, 0.5) is 0 Å². The highest BCUT2D eigenvalue weighted by Gasteiger charge is 2.43. The van der Waals surface area contributed by atoms with Crippen molar-refractivity contribution < 1.29 is 9.53 Å². The van der Waals surface area contributed by atoms with Gasteiger partial charge in [0, 0.05) is 12.1 Å². The largest absolute Gasteiger partial charge is 0.370 e. The molecule has 2 fully saturated rings. The molecule has 1 aromatic rings. The molecule has 2 aliphatic rings. The lowest BCUT2D eigenvalue weighted by Gasteiger charge is -2.18. The first-order chi connectivity index (χ1) is 8.83. The van der Waals surface area contributed by atoms with Gasteiger partial charge in [-0.1, -0.05) is 18.2 Å². The van der Waals surface area contributed by atoms with E-state index in [4.69, 9.17) is 4.74 Å². The van der Waals surface area contributed by atoms with Gasteiger partial charge in [-0.05, 0) is 43.7 Å². The molecule has 1 saturated carbocycles. The Balaban J connectivity index is 1.40. The molecule has 3 heteroatoms. The van der Waals surface area contributed by atoms with Crippen LogP contribution in [-0.2, 0) is 4.74 Å². The second-order valence-electron chi connectivity index (χ2n) is 5.30. The highest BCUT2D eigenvalue weighted by Crippen LogP contribution is 2.40. The van der Waals surface area contributed by atoms with Crippen molar-refractivity contribution in [1.29, 1.82) is 0 Å². The smallest absolute Gasteiger partial charge is 0.251 e. The number of rotatable bonds is 4. The Bertz CT molecular complexity index is 418. The van der Waals surface area contributed by atoms with Crippen LogP contribution in [0.2, 0.25) is 0 Å². The van der Waals surface area contributed by atoms with E-state index in [1.807, 2.05) is 30.3 Å². The van der Waals surface area contributed by atoms with E-state index < -0.39 is 0 Å². The Morgan fingerprint density at radius 1 is 1.22 bits per heavy atom. The first kappa shape index (κ1) is 11.7. The monoisotopic (exact) mass is 245 g/mol.